The molecule has 1 unspecified atom stereocenters. The molecule has 1 aromatic rings. The van der Waals surface area contributed by atoms with Crippen LogP contribution in [0.25, 0.3) is 0 Å². The van der Waals surface area contributed by atoms with Gasteiger partial charge >= 0.3 is 0 Å². The molecular weight excluding hydrogens is 296 g/mol. The van der Waals surface area contributed by atoms with Crippen LogP contribution in [0.2, 0.25) is 0 Å². The van der Waals surface area contributed by atoms with Crippen LogP contribution in [-0.4, -0.2) is 42.7 Å². The van der Waals surface area contributed by atoms with Crippen LogP contribution < -0.4 is 10.0 Å². The van der Waals surface area contributed by atoms with Crippen LogP contribution >= 0.6 is 11.8 Å². The lowest BCUT2D eigenvalue weighted by Gasteiger charge is -2.13. The number of thioether (sulfide) groups is 1. The number of aromatic nitrogens is 2. The molecule has 6 nitrogen and oxygen atoms in total. The topological polar surface area (TPSA) is 86.9 Å². The predicted molar refractivity (Wildman–Crippen MR) is 83.5 cm³/mol. The van der Waals surface area contributed by atoms with E-state index in [1.54, 1.807) is 11.8 Å². The SMILES string of the molecule is CSCC(C)NS(=O)(=O)c1n[nH]c(C)c1CNC(C)C. The summed E-state index contributed by atoms with van der Waals surface area (Å²) in [7, 11) is -3.59. The third-order valence-electron chi connectivity index (χ3n) is 2.75. The van der Waals surface area contributed by atoms with E-state index in [9.17, 15) is 8.42 Å². The van der Waals surface area contributed by atoms with Crippen molar-refractivity contribution < 1.29 is 8.42 Å². The van der Waals surface area contributed by atoms with E-state index in [0.717, 1.165) is 11.4 Å². The van der Waals surface area contributed by atoms with Gasteiger partial charge in [0.2, 0.25) is 0 Å². The number of H-pyrrole nitrogens is 1. The highest BCUT2D eigenvalue weighted by Crippen LogP contribution is 2.17. The standard InChI is InChI=1S/C12H24N4O2S2/c1-8(2)13-6-11-10(4)14-15-12(11)20(17,18)16-9(3)7-19-5/h8-9,13,16H,6-7H2,1-5H3,(H,14,15). The summed E-state index contributed by atoms with van der Waals surface area (Å²) < 4.78 is 27.4. The number of rotatable bonds is 8. The Bertz CT molecular complexity index is 526. The summed E-state index contributed by atoms with van der Waals surface area (Å²) in [4.78, 5) is 0. The molecule has 0 aromatic carbocycles. The zero-order valence-corrected chi connectivity index (χ0v) is 14.3. The minimum atomic E-state index is -3.59. The lowest BCUT2D eigenvalue weighted by molar-refractivity contribution is 0.557. The highest BCUT2D eigenvalue weighted by Gasteiger charge is 2.25. The Hall–Kier alpha value is -0.570. The van der Waals surface area contributed by atoms with Crippen molar-refractivity contribution in [1.82, 2.24) is 20.2 Å². The van der Waals surface area contributed by atoms with Crippen molar-refractivity contribution in [2.75, 3.05) is 12.0 Å². The highest BCUT2D eigenvalue weighted by atomic mass is 32.2. The van der Waals surface area contributed by atoms with Crippen LogP contribution in [-0.2, 0) is 16.6 Å². The molecule has 0 fully saturated rings. The second kappa shape index (κ2) is 7.44. The molecule has 8 heteroatoms. The van der Waals surface area contributed by atoms with E-state index in [4.69, 9.17) is 0 Å². The van der Waals surface area contributed by atoms with E-state index in [0.29, 0.717) is 12.1 Å². The van der Waals surface area contributed by atoms with Gasteiger partial charge in [0.1, 0.15) is 0 Å². The van der Waals surface area contributed by atoms with Gasteiger partial charge in [-0.1, -0.05) is 13.8 Å². The van der Waals surface area contributed by atoms with Gasteiger partial charge in [0.15, 0.2) is 5.03 Å². The molecule has 0 aliphatic heterocycles. The molecule has 1 heterocycles. The van der Waals surface area contributed by atoms with Gasteiger partial charge in [0.05, 0.1) is 0 Å². The number of hydrogen-bond acceptors (Lipinski definition) is 5. The highest BCUT2D eigenvalue weighted by molar-refractivity contribution is 7.98. The van der Waals surface area contributed by atoms with Crippen LogP contribution in [0.5, 0.6) is 0 Å². The van der Waals surface area contributed by atoms with Gasteiger partial charge in [0, 0.05) is 35.6 Å². The van der Waals surface area contributed by atoms with Gasteiger partial charge in [-0.25, -0.2) is 13.1 Å². The summed E-state index contributed by atoms with van der Waals surface area (Å²) in [5.41, 5.74) is 1.47. The van der Waals surface area contributed by atoms with Gasteiger partial charge in [-0.2, -0.15) is 16.9 Å². The molecule has 0 aliphatic carbocycles. The van der Waals surface area contributed by atoms with E-state index in [-0.39, 0.29) is 17.1 Å². The van der Waals surface area contributed by atoms with Crippen molar-refractivity contribution in [3.63, 3.8) is 0 Å². The van der Waals surface area contributed by atoms with Crippen molar-refractivity contribution in [3.8, 4) is 0 Å². The van der Waals surface area contributed by atoms with Crippen molar-refractivity contribution in [2.45, 2.75) is 51.3 Å². The predicted octanol–water partition coefficient (Wildman–Crippen LogP) is 1.25. The first-order chi connectivity index (χ1) is 9.27. The van der Waals surface area contributed by atoms with E-state index in [1.807, 2.05) is 34.0 Å². The smallest absolute Gasteiger partial charge is 0.260 e. The Labute approximate surface area is 125 Å². The van der Waals surface area contributed by atoms with Crippen LogP contribution in [0.3, 0.4) is 0 Å². The maximum atomic E-state index is 12.4. The number of aryl methyl sites for hydroxylation is 1. The zero-order chi connectivity index (χ0) is 15.3. The van der Waals surface area contributed by atoms with Crippen LogP contribution in [0.4, 0.5) is 0 Å². The van der Waals surface area contributed by atoms with Gasteiger partial charge in [-0.05, 0) is 20.1 Å². The molecular formula is C12H24N4O2S2. The molecule has 0 radical (unpaired) electrons. The molecule has 1 atom stereocenters. The molecule has 0 saturated carbocycles. The molecule has 0 spiro atoms. The van der Waals surface area contributed by atoms with Crippen LogP contribution in [0.15, 0.2) is 5.03 Å². The Morgan fingerprint density at radius 2 is 2.00 bits per heavy atom. The maximum Gasteiger partial charge on any atom is 0.260 e. The fraction of sp³-hybridized carbons (Fsp3) is 0.750. The summed E-state index contributed by atoms with van der Waals surface area (Å²) >= 11 is 1.60. The number of sulfonamides is 1. The van der Waals surface area contributed by atoms with Crippen molar-refractivity contribution in [2.24, 2.45) is 0 Å². The molecule has 3 N–H and O–H groups in total. The van der Waals surface area contributed by atoms with Crippen molar-refractivity contribution in [1.29, 1.82) is 0 Å². The summed E-state index contributed by atoms with van der Waals surface area (Å²) in [6.45, 7) is 8.19. The summed E-state index contributed by atoms with van der Waals surface area (Å²) in [6.07, 6.45) is 1.95. The normalized spacial score (nSPS) is 13.9. The van der Waals surface area contributed by atoms with E-state index >= 15 is 0 Å². The van der Waals surface area contributed by atoms with Crippen LogP contribution in [0, 0.1) is 6.92 Å². The molecule has 1 rings (SSSR count). The number of nitrogens with zero attached hydrogens (tertiary/aromatic N) is 1. The number of hydrogen-bond donors (Lipinski definition) is 3. The van der Waals surface area contributed by atoms with Gasteiger partial charge in [-0.3, -0.25) is 5.10 Å². The molecule has 1 aromatic heterocycles. The molecule has 116 valence electrons. The van der Waals surface area contributed by atoms with E-state index in [2.05, 4.69) is 20.2 Å². The minimum Gasteiger partial charge on any atom is -0.310 e. The van der Waals surface area contributed by atoms with E-state index in [1.165, 1.54) is 0 Å². The first-order valence-electron chi connectivity index (χ1n) is 6.56. The Balaban J connectivity index is 2.94. The molecule has 0 aliphatic rings. The summed E-state index contributed by atoms with van der Waals surface area (Å²) in [5, 5.41) is 10.0. The fourth-order valence-electron chi connectivity index (χ4n) is 1.77. The fourth-order valence-corrected chi connectivity index (χ4v) is 3.90. The Morgan fingerprint density at radius 3 is 2.55 bits per heavy atom. The second-order valence-electron chi connectivity index (χ2n) is 5.15. The lowest BCUT2D eigenvalue weighted by Crippen LogP contribution is -2.35. The molecule has 0 amide bonds. The zero-order valence-electron chi connectivity index (χ0n) is 12.6. The van der Waals surface area contributed by atoms with Crippen LogP contribution in [0.1, 0.15) is 32.0 Å². The first-order valence-corrected chi connectivity index (χ1v) is 9.44. The molecule has 20 heavy (non-hydrogen) atoms. The Kier molecular flexibility index (Phi) is 6.50. The third kappa shape index (κ3) is 4.76. The average molecular weight is 320 g/mol. The minimum absolute atomic E-state index is 0.0936. The number of nitrogens with one attached hydrogen (secondary N) is 3. The molecule has 0 saturated heterocycles. The first kappa shape index (κ1) is 17.5. The summed E-state index contributed by atoms with van der Waals surface area (Å²) in [6, 6.07) is 0.154. The average Bonchev–Trinajstić information content (AvgIpc) is 2.68. The monoisotopic (exact) mass is 320 g/mol. The van der Waals surface area contributed by atoms with Gasteiger partial charge < -0.3 is 5.32 Å². The van der Waals surface area contributed by atoms with E-state index < -0.39 is 10.0 Å². The summed E-state index contributed by atoms with van der Waals surface area (Å²) in [5.74, 6) is 0.724. The molecule has 0 bridgehead atoms. The second-order valence-corrected chi connectivity index (χ2v) is 7.69. The van der Waals surface area contributed by atoms with Gasteiger partial charge in [0.25, 0.3) is 10.0 Å². The lowest BCUT2D eigenvalue weighted by atomic mass is 10.2. The third-order valence-corrected chi connectivity index (χ3v) is 5.14. The number of aromatic amines is 1. The van der Waals surface area contributed by atoms with Crippen molar-refractivity contribution in [3.05, 3.63) is 11.3 Å². The van der Waals surface area contributed by atoms with Crippen molar-refractivity contribution >= 4 is 21.8 Å². The van der Waals surface area contributed by atoms with Gasteiger partial charge in [-0.15, -0.1) is 0 Å². The quantitative estimate of drug-likeness (QED) is 0.671. The largest absolute Gasteiger partial charge is 0.310 e. The Morgan fingerprint density at radius 1 is 1.35 bits per heavy atom. The maximum absolute atomic E-state index is 12.4.